The fourth-order valence-corrected chi connectivity index (χ4v) is 3.58. The minimum Gasteiger partial charge on any atom is -0.337 e. The molecule has 1 aromatic carbocycles. The molecule has 3 rings (SSSR count). The van der Waals surface area contributed by atoms with Crippen LogP contribution in [0.15, 0.2) is 23.1 Å². The molecule has 0 aromatic heterocycles. The minimum atomic E-state index is -0.00896. The number of carbonyl (C=O) groups is 2. The third-order valence-corrected chi connectivity index (χ3v) is 5.05. The van der Waals surface area contributed by atoms with Gasteiger partial charge in [0.15, 0.2) is 0 Å². The summed E-state index contributed by atoms with van der Waals surface area (Å²) in [4.78, 5) is 27.0. The van der Waals surface area contributed by atoms with Crippen molar-refractivity contribution < 1.29 is 9.59 Å². The average molecular weight is 305 g/mol. The number of anilines is 1. The number of nitrogens with one attached hydrogen (secondary N) is 2. The van der Waals surface area contributed by atoms with Crippen molar-refractivity contribution >= 4 is 29.3 Å². The summed E-state index contributed by atoms with van der Waals surface area (Å²) in [5, 5.41) is 6.08. The zero-order valence-electron chi connectivity index (χ0n) is 12.0. The van der Waals surface area contributed by atoms with E-state index in [2.05, 4.69) is 10.6 Å². The second-order valence-corrected chi connectivity index (χ2v) is 6.44. The normalized spacial score (nSPS) is 21.7. The SMILES string of the molecule is CNC1CCCN(C(=O)c2ccc3c(c2)NC(=O)CS3)C1. The Balaban J connectivity index is 1.78. The van der Waals surface area contributed by atoms with Gasteiger partial charge in [0.1, 0.15) is 0 Å². The third kappa shape index (κ3) is 3.06. The Morgan fingerprint density at radius 3 is 3.14 bits per heavy atom. The quantitative estimate of drug-likeness (QED) is 0.870. The predicted molar refractivity (Wildman–Crippen MR) is 83.8 cm³/mol. The Hall–Kier alpha value is -1.53. The first-order valence-electron chi connectivity index (χ1n) is 7.20. The highest BCUT2D eigenvalue weighted by molar-refractivity contribution is 8.00. The summed E-state index contributed by atoms with van der Waals surface area (Å²) in [5.41, 5.74) is 1.40. The van der Waals surface area contributed by atoms with Gasteiger partial charge in [0.05, 0.1) is 11.4 Å². The van der Waals surface area contributed by atoms with Crippen LogP contribution in [0.5, 0.6) is 0 Å². The maximum absolute atomic E-state index is 12.6. The number of hydrogen-bond acceptors (Lipinski definition) is 4. The number of likely N-dealkylation sites (N-methyl/N-ethyl adjacent to an activating group) is 1. The van der Waals surface area contributed by atoms with Gasteiger partial charge in [-0.1, -0.05) is 0 Å². The monoisotopic (exact) mass is 305 g/mol. The van der Waals surface area contributed by atoms with Crippen molar-refractivity contribution in [3.05, 3.63) is 23.8 Å². The number of carbonyl (C=O) groups excluding carboxylic acids is 2. The highest BCUT2D eigenvalue weighted by Gasteiger charge is 2.24. The molecule has 2 aliphatic heterocycles. The second kappa shape index (κ2) is 6.07. The second-order valence-electron chi connectivity index (χ2n) is 5.43. The summed E-state index contributed by atoms with van der Waals surface area (Å²) in [7, 11) is 1.93. The zero-order chi connectivity index (χ0) is 14.8. The van der Waals surface area contributed by atoms with Gasteiger partial charge in [0, 0.05) is 29.6 Å². The van der Waals surface area contributed by atoms with Gasteiger partial charge in [-0.05, 0) is 38.1 Å². The molecule has 1 unspecified atom stereocenters. The highest BCUT2D eigenvalue weighted by atomic mass is 32.2. The summed E-state index contributed by atoms with van der Waals surface area (Å²) < 4.78 is 0. The van der Waals surface area contributed by atoms with Crippen LogP contribution >= 0.6 is 11.8 Å². The molecular weight excluding hydrogens is 286 g/mol. The zero-order valence-corrected chi connectivity index (χ0v) is 12.8. The molecule has 0 bridgehead atoms. The molecule has 1 saturated heterocycles. The Morgan fingerprint density at radius 1 is 1.48 bits per heavy atom. The lowest BCUT2D eigenvalue weighted by Gasteiger charge is -2.32. The molecule has 6 heteroatoms. The predicted octanol–water partition coefficient (Wildman–Crippen LogP) is 1.55. The number of fused-ring (bicyclic) bond motifs is 1. The molecule has 0 aliphatic carbocycles. The van der Waals surface area contributed by atoms with E-state index in [-0.39, 0.29) is 11.8 Å². The van der Waals surface area contributed by atoms with Gasteiger partial charge >= 0.3 is 0 Å². The standard InChI is InChI=1S/C15H19N3O2S/c1-16-11-3-2-6-18(8-11)15(20)10-4-5-13-12(7-10)17-14(19)9-21-13/h4-5,7,11,16H,2-3,6,8-9H2,1H3,(H,17,19). The maximum Gasteiger partial charge on any atom is 0.253 e. The highest BCUT2D eigenvalue weighted by Crippen LogP contribution is 2.32. The van der Waals surface area contributed by atoms with Gasteiger partial charge in [-0.2, -0.15) is 0 Å². The van der Waals surface area contributed by atoms with Crippen molar-refractivity contribution in [3.63, 3.8) is 0 Å². The molecule has 2 N–H and O–H groups in total. The minimum absolute atomic E-state index is 0.00896. The molecule has 2 heterocycles. The number of rotatable bonds is 2. The number of benzene rings is 1. The van der Waals surface area contributed by atoms with Crippen molar-refractivity contribution in [1.82, 2.24) is 10.2 Å². The lowest BCUT2D eigenvalue weighted by Crippen LogP contribution is -2.47. The summed E-state index contributed by atoms with van der Waals surface area (Å²) in [6.07, 6.45) is 2.13. The Kier molecular flexibility index (Phi) is 4.17. The number of amides is 2. The molecule has 2 amide bonds. The van der Waals surface area contributed by atoms with E-state index in [1.54, 1.807) is 6.07 Å². The molecule has 1 fully saturated rings. The smallest absolute Gasteiger partial charge is 0.253 e. The topological polar surface area (TPSA) is 61.4 Å². The van der Waals surface area contributed by atoms with Crippen molar-refractivity contribution in [2.24, 2.45) is 0 Å². The average Bonchev–Trinajstić information content (AvgIpc) is 2.53. The fraction of sp³-hybridized carbons (Fsp3) is 0.467. The summed E-state index contributed by atoms with van der Waals surface area (Å²) in [6.45, 7) is 1.54. The Morgan fingerprint density at radius 2 is 2.33 bits per heavy atom. The van der Waals surface area contributed by atoms with Gasteiger partial charge in [-0.3, -0.25) is 9.59 Å². The van der Waals surface area contributed by atoms with E-state index in [9.17, 15) is 9.59 Å². The molecule has 5 nitrogen and oxygen atoms in total. The first kappa shape index (κ1) is 14.4. The van der Waals surface area contributed by atoms with Crippen LogP contribution in [0.2, 0.25) is 0 Å². The van der Waals surface area contributed by atoms with E-state index >= 15 is 0 Å². The van der Waals surface area contributed by atoms with E-state index < -0.39 is 0 Å². The third-order valence-electron chi connectivity index (χ3n) is 3.98. The number of thioether (sulfide) groups is 1. The van der Waals surface area contributed by atoms with Crippen LogP contribution in [0, 0.1) is 0 Å². The fourth-order valence-electron chi connectivity index (χ4n) is 2.80. The molecule has 1 aromatic rings. The number of piperidine rings is 1. The van der Waals surface area contributed by atoms with Crippen molar-refractivity contribution in [2.45, 2.75) is 23.8 Å². The summed E-state index contributed by atoms with van der Waals surface area (Å²) in [6, 6.07) is 5.95. The largest absolute Gasteiger partial charge is 0.337 e. The van der Waals surface area contributed by atoms with Gasteiger partial charge in [0.2, 0.25) is 5.91 Å². The first-order chi connectivity index (χ1) is 10.2. The lowest BCUT2D eigenvalue weighted by molar-refractivity contribution is -0.113. The molecule has 2 aliphatic rings. The molecule has 0 saturated carbocycles. The number of nitrogens with zero attached hydrogens (tertiary/aromatic N) is 1. The van der Waals surface area contributed by atoms with Gasteiger partial charge < -0.3 is 15.5 Å². The molecule has 1 atom stereocenters. The van der Waals surface area contributed by atoms with Gasteiger partial charge in [-0.25, -0.2) is 0 Å². The van der Waals surface area contributed by atoms with E-state index in [0.29, 0.717) is 17.4 Å². The van der Waals surface area contributed by atoms with Crippen LogP contribution < -0.4 is 10.6 Å². The van der Waals surface area contributed by atoms with Gasteiger partial charge in [0.25, 0.3) is 5.91 Å². The van der Waals surface area contributed by atoms with E-state index in [4.69, 9.17) is 0 Å². The Labute approximate surface area is 128 Å². The molecule has 0 spiro atoms. The van der Waals surface area contributed by atoms with Crippen LogP contribution in [0.3, 0.4) is 0 Å². The summed E-state index contributed by atoms with van der Waals surface area (Å²) >= 11 is 1.51. The summed E-state index contributed by atoms with van der Waals surface area (Å²) in [5.74, 6) is 0.476. The van der Waals surface area contributed by atoms with Gasteiger partial charge in [-0.15, -0.1) is 11.8 Å². The van der Waals surface area contributed by atoms with Crippen LogP contribution in [0.4, 0.5) is 5.69 Å². The van der Waals surface area contributed by atoms with E-state index in [1.807, 2.05) is 24.1 Å². The first-order valence-corrected chi connectivity index (χ1v) is 8.19. The van der Waals surface area contributed by atoms with Crippen LogP contribution in [0.25, 0.3) is 0 Å². The van der Waals surface area contributed by atoms with Crippen LogP contribution in [-0.2, 0) is 4.79 Å². The Bertz CT molecular complexity index is 576. The van der Waals surface area contributed by atoms with Crippen molar-refractivity contribution in [3.8, 4) is 0 Å². The lowest BCUT2D eigenvalue weighted by atomic mass is 10.0. The molecule has 0 radical (unpaired) electrons. The number of hydrogen-bond donors (Lipinski definition) is 2. The van der Waals surface area contributed by atoms with Crippen molar-refractivity contribution in [1.29, 1.82) is 0 Å². The van der Waals surface area contributed by atoms with Crippen LogP contribution in [-0.4, -0.2) is 48.6 Å². The van der Waals surface area contributed by atoms with Crippen molar-refractivity contribution in [2.75, 3.05) is 31.2 Å². The maximum atomic E-state index is 12.6. The molecule has 112 valence electrons. The number of likely N-dealkylation sites (tertiary alicyclic amines) is 1. The van der Waals surface area contributed by atoms with E-state index in [1.165, 1.54) is 11.8 Å². The van der Waals surface area contributed by atoms with Crippen LogP contribution in [0.1, 0.15) is 23.2 Å². The van der Waals surface area contributed by atoms with E-state index in [0.717, 1.165) is 36.5 Å². The molecule has 21 heavy (non-hydrogen) atoms. The molecular formula is C15H19N3O2S.